The summed E-state index contributed by atoms with van der Waals surface area (Å²) in [5.74, 6) is 0.636. The Kier molecular flexibility index (Phi) is 6.98. The molecule has 3 rings (SSSR count). The number of aromatic nitrogens is 1. The third kappa shape index (κ3) is 5.89. The number of nitrogens with one attached hydrogen (secondary N) is 1. The van der Waals surface area contributed by atoms with Crippen LogP contribution in [-0.4, -0.2) is 31.2 Å². The first-order valence-corrected chi connectivity index (χ1v) is 10.0. The van der Waals surface area contributed by atoms with Gasteiger partial charge < -0.3 is 14.8 Å². The van der Waals surface area contributed by atoms with E-state index in [-0.39, 0.29) is 12.3 Å². The fourth-order valence-corrected chi connectivity index (χ4v) is 3.61. The van der Waals surface area contributed by atoms with Gasteiger partial charge in [-0.2, -0.15) is 0 Å². The molecule has 0 atom stereocenters. The molecular weight excluding hydrogens is 428 g/mol. The quantitative estimate of drug-likeness (QED) is 0.505. The van der Waals surface area contributed by atoms with Gasteiger partial charge in [-0.25, -0.2) is 4.98 Å². The number of hydrogen-bond acceptors (Lipinski definition) is 5. The van der Waals surface area contributed by atoms with Crippen LogP contribution in [0.25, 0.3) is 10.6 Å². The van der Waals surface area contributed by atoms with Crippen molar-refractivity contribution in [2.24, 2.45) is 0 Å². The second kappa shape index (κ2) is 9.64. The minimum atomic E-state index is -0.103. The number of ether oxygens (including phenoxy) is 2. The molecule has 2 aromatic carbocycles. The number of benzene rings is 2. The van der Waals surface area contributed by atoms with E-state index in [4.69, 9.17) is 9.47 Å². The number of anilines is 1. The highest BCUT2D eigenvalue weighted by Gasteiger charge is 2.10. The summed E-state index contributed by atoms with van der Waals surface area (Å²) in [5, 5.41) is 5.70. The summed E-state index contributed by atoms with van der Waals surface area (Å²) in [6.45, 7) is 1.03. The summed E-state index contributed by atoms with van der Waals surface area (Å²) in [4.78, 5) is 16.8. The van der Waals surface area contributed by atoms with Crippen LogP contribution in [0.15, 0.2) is 58.4 Å². The lowest BCUT2D eigenvalue weighted by Crippen LogP contribution is -2.14. The maximum atomic E-state index is 12.3. The van der Waals surface area contributed by atoms with E-state index in [2.05, 4.69) is 26.2 Å². The monoisotopic (exact) mass is 446 g/mol. The van der Waals surface area contributed by atoms with Crippen LogP contribution in [0.1, 0.15) is 5.69 Å². The molecule has 0 spiro atoms. The molecule has 7 heteroatoms. The van der Waals surface area contributed by atoms with E-state index in [1.807, 2.05) is 53.9 Å². The molecule has 1 aromatic heterocycles. The van der Waals surface area contributed by atoms with Crippen molar-refractivity contribution in [2.45, 2.75) is 6.42 Å². The largest absolute Gasteiger partial charge is 0.491 e. The third-order valence-electron chi connectivity index (χ3n) is 3.66. The number of methoxy groups -OCH3 is 1. The number of nitrogens with zero attached hydrogens (tertiary/aromatic N) is 1. The number of carbonyl (C=O) groups is 1. The fraction of sp³-hybridized carbons (Fsp3) is 0.200. The smallest absolute Gasteiger partial charge is 0.230 e. The Morgan fingerprint density at radius 1 is 1.19 bits per heavy atom. The molecule has 0 unspecified atom stereocenters. The highest BCUT2D eigenvalue weighted by atomic mass is 79.9. The van der Waals surface area contributed by atoms with Gasteiger partial charge in [0.15, 0.2) is 0 Å². The Morgan fingerprint density at radius 3 is 2.74 bits per heavy atom. The van der Waals surface area contributed by atoms with Gasteiger partial charge in [-0.3, -0.25) is 4.79 Å². The summed E-state index contributed by atoms with van der Waals surface area (Å²) in [6, 6.07) is 15.2. The maximum Gasteiger partial charge on any atom is 0.230 e. The molecule has 27 heavy (non-hydrogen) atoms. The second-order valence-electron chi connectivity index (χ2n) is 5.74. The summed E-state index contributed by atoms with van der Waals surface area (Å²) in [5.41, 5.74) is 2.51. The van der Waals surface area contributed by atoms with Crippen molar-refractivity contribution in [2.75, 3.05) is 25.6 Å². The average Bonchev–Trinajstić information content (AvgIpc) is 3.12. The van der Waals surface area contributed by atoms with E-state index in [0.29, 0.717) is 13.2 Å². The lowest BCUT2D eigenvalue weighted by Gasteiger charge is -2.07. The van der Waals surface area contributed by atoms with Gasteiger partial charge in [0.1, 0.15) is 17.4 Å². The first kappa shape index (κ1) is 19.5. The predicted molar refractivity (Wildman–Crippen MR) is 111 cm³/mol. The lowest BCUT2D eigenvalue weighted by atomic mass is 10.2. The zero-order valence-electron chi connectivity index (χ0n) is 14.8. The van der Waals surface area contributed by atoms with E-state index < -0.39 is 0 Å². The van der Waals surface area contributed by atoms with Crippen LogP contribution in [0.2, 0.25) is 0 Å². The summed E-state index contributed by atoms with van der Waals surface area (Å²) in [7, 11) is 1.63. The van der Waals surface area contributed by atoms with E-state index in [1.54, 1.807) is 7.11 Å². The molecule has 1 amide bonds. The molecule has 0 aliphatic heterocycles. The molecular formula is C20H19BrN2O3S. The average molecular weight is 447 g/mol. The Bertz CT molecular complexity index is 896. The first-order valence-electron chi connectivity index (χ1n) is 8.36. The topological polar surface area (TPSA) is 60.5 Å². The Hall–Kier alpha value is -2.22. The van der Waals surface area contributed by atoms with Crippen LogP contribution in [0.3, 0.4) is 0 Å². The van der Waals surface area contributed by atoms with E-state index in [9.17, 15) is 4.79 Å². The van der Waals surface area contributed by atoms with Gasteiger partial charge >= 0.3 is 0 Å². The third-order valence-corrected chi connectivity index (χ3v) is 5.09. The number of amides is 1. The van der Waals surface area contributed by atoms with Crippen molar-refractivity contribution in [3.8, 4) is 16.3 Å². The SMILES string of the molecule is COCCOc1ccc(NC(=O)Cc2csc(-c3cccc(Br)c3)n2)cc1. The first-order chi connectivity index (χ1) is 13.1. The standard InChI is InChI=1S/C20H19BrN2O3S/c1-25-9-10-26-18-7-5-16(6-8-18)22-19(24)12-17-13-27-20(23-17)14-3-2-4-15(21)11-14/h2-8,11,13H,9-10,12H2,1H3,(H,22,24). The van der Waals surface area contributed by atoms with Crippen molar-refractivity contribution in [1.29, 1.82) is 0 Å². The van der Waals surface area contributed by atoms with Gasteiger partial charge in [0.05, 0.1) is 18.7 Å². The van der Waals surface area contributed by atoms with Crippen LogP contribution >= 0.6 is 27.3 Å². The lowest BCUT2D eigenvalue weighted by molar-refractivity contribution is -0.115. The zero-order chi connectivity index (χ0) is 19.1. The van der Waals surface area contributed by atoms with E-state index in [1.165, 1.54) is 11.3 Å². The Labute approximate surface area is 170 Å². The minimum absolute atomic E-state index is 0.103. The van der Waals surface area contributed by atoms with Crippen LogP contribution in [-0.2, 0) is 16.0 Å². The number of carbonyl (C=O) groups excluding carboxylic acids is 1. The van der Waals surface area contributed by atoms with E-state index in [0.717, 1.165) is 32.2 Å². The Balaban J connectivity index is 1.55. The number of thiazole rings is 1. The molecule has 3 aromatic rings. The highest BCUT2D eigenvalue weighted by Crippen LogP contribution is 2.26. The highest BCUT2D eigenvalue weighted by molar-refractivity contribution is 9.10. The molecule has 140 valence electrons. The van der Waals surface area contributed by atoms with Gasteiger partial charge in [0.2, 0.25) is 5.91 Å². The van der Waals surface area contributed by atoms with Crippen LogP contribution < -0.4 is 10.1 Å². The molecule has 0 saturated carbocycles. The molecule has 0 aliphatic rings. The molecule has 0 radical (unpaired) electrons. The molecule has 0 bridgehead atoms. The van der Waals surface area contributed by atoms with Crippen LogP contribution in [0, 0.1) is 0 Å². The van der Waals surface area contributed by atoms with Crippen molar-refractivity contribution in [3.63, 3.8) is 0 Å². The van der Waals surface area contributed by atoms with Crippen molar-refractivity contribution in [1.82, 2.24) is 4.98 Å². The van der Waals surface area contributed by atoms with Gasteiger partial charge in [-0.05, 0) is 36.4 Å². The molecule has 0 saturated heterocycles. The predicted octanol–water partition coefficient (Wildman–Crippen LogP) is 4.78. The van der Waals surface area contributed by atoms with Crippen molar-refractivity contribution in [3.05, 3.63) is 64.1 Å². The van der Waals surface area contributed by atoms with Gasteiger partial charge in [0.25, 0.3) is 0 Å². The molecule has 1 N–H and O–H groups in total. The van der Waals surface area contributed by atoms with E-state index >= 15 is 0 Å². The van der Waals surface area contributed by atoms with Crippen molar-refractivity contribution < 1.29 is 14.3 Å². The molecule has 5 nitrogen and oxygen atoms in total. The number of halogens is 1. The summed E-state index contributed by atoms with van der Waals surface area (Å²) < 4.78 is 11.5. The van der Waals surface area contributed by atoms with Gasteiger partial charge in [-0.1, -0.05) is 28.1 Å². The van der Waals surface area contributed by atoms with Gasteiger partial charge in [0, 0.05) is 28.2 Å². The zero-order valence-corrected chi connectivity index (χ0v) is 17.2. The molecule has 0 aliphatic carbocycles. The van der Waals surface area contributed by atoms with Crippen molar-refractivity contribution >= 4 is 38.9 Å². The summed E-state index contributed by atoms with van der Waals surface area (Å²) in [6.07, 6.45) is 0.233. The normalized spacial score (nSPS) is 10.6. The van der Waals surface area contributed by atoms with Crippen LogP contribution in [0.5, 0.6) is 5.75 Å². The second-order valence-corrected chi connectivity index (χ2v) is 7.52. The molecule has 1 heterocycles. The maximum absolute atomic E-state index is 12.3. The molecule has 0 fully saturated rings. The Morgan fingerprint density at radius 2 is 2.00 bits per heavy atom. The fourth-order valence-electron chi connectivity index (χ4n) is 2.39. The number of rotatable bonds is 8. The minimum Gasteiger partial charge on any atom is -0.491 e. The van der Waals surface area contributed by atoms with Crippen LogP contribution in [0.4, 0.5) is 5.69 Å². The number of hydrogen-bond donors (Lipinski definition) is 1. The summed E-state index contributed by atoms with van der Waals surface area (Å²) >= 11 is 5.00. The van der Waals surface area contributed by atoms with Gasteiger partial charge in [-0.15, -0.1) is 11.3 Å².